The minimum atomic E-state index is -0.801. The molecule has 1 heterocycles. The van der Waals surface area contributed by atoms with Crippen molar-refractivity contribution >= 4 is 5.97 Å². The largest absolute Gasteiger partial charge is 0.496 e. The summed E-state index contributed by atoms with van der Waals surface area (Å²) in [5.74, 6) is 1.20. The highest BCUT2D eigenvalue weighted by molar-refractivity contribution is 5.74. The summed E-state index contributed by atoms with van der Waals surface area (Å²) in [6, 6.07) is 30.7. The first-order valence-electron chi connectivity index (χ1n) is 13.6. The molecule has 5 rings (SSSR count). The molecule has 208 valence electrons. The van der Waals surface area contributed by atoms with E-state index in [1.807, 2.05) is 83.8 Å². The molecule has 1 atom stereocenters. The zero-order chi connectivity index (χ0) is 28.6. The number of methoxy groups -OCH3 is 1. The van der Waals surface area contributed by atoms with Crippen LogP contribution in [0.5, 0.6) is 17.2 Å². The van der Waals surface area contributed by atoms with E-state index in [-0.39, 0.29) is 6.61 Å². The smallest absolute Gasteiger partial charge is 0.320 e. The summed E-state index contributed by atoms with van der Waals surface area (Å²) >= 11 is 0. The third kappa shape index (κ3) is 6.68. The lowest BCUT2D eigenvalue weighted by molar-refractivity contribution is -0.142. The minimum absolute atomic E-state index is 0.265. The summed E-state index contributed by atoms with van der Waals surface area (Å²) in [6.07, 6.45) is 1.48. The van der Waals surface area contributed by atoms with E-state index in [1.165, 1.54) is 0 Å². The van der Waals surface area contributed by atoms with Crippen molar-refractivity contribution in [3.05, 3.63) is 113 Å². The second-order valence-electron chi connectivity index (χ2n) is 9.99. The number of carboxylic acid groups (broad SMARTS) is 1. The maximum atomic E-state index is 11.8. The maximum Gasteiger partial charge on any atom is 0.320 e. The topological polar surface area (TPSA) is 92.0 Å². The Balaban J connectivity index is 1.38. The molecule has 1 fully saturated rings. The normalized spacial score (nSPS) is 14.8. The van der Waals surface area contributed by atoms with Crippen molar-refractivity contribution in [3.8, 4) is 34.4 Å². The average Bonchev–Trinajstić information content (AvgIpc) is 3.48. The van der Waals surface area contributed by atoms with Crippen LogP contribution in [0, 0.1) is 11.3 Å². The monoisotopic (exact) mass is 548 g/mol. The van der Waals surface area contributed by atoms with Crippen LogP contribution in [0.25, 0.3) is 11.1 Å². The fourth-order valence-corrected chi connectivity index (χ4v) is 5.24. The van der Waals surface area contributed by atoms with Gasteiger partial charge in [-0.25, -0.2) is 0 Å². The Morgan fingerprint density at radius 1 is 0.951 bits per heavy atom. The molecule has 0 amide bonds. The lowest BCUT2D eigenvalue weighted by Gasteiger charge is -2.23. The van der Waals surface area contributed by atoms with Gasteiger partial charge in [-0.3, -0.25) is 9.69 Å². The van der Waals surface area contributed by atoms with Crippen LogP contribution in [0.1, 0.15) is 35.1 Å². The molecule has 0 aliphatic carbocycles. The van der Waals surface area contributed by atoms with Gasteiger partial charge < -0.3 is 19.3 Å². The molecule has 41 heavy (non-hydrogen) atoms. The number of nitriles is 1. The summed E-state index contributed by atoms with van der Waals surface area (Å²) in [7, 11) is 1.66. The van der Waals surface area contributed by atoms with E-state index in [0.29, 0.717) is 36.6 Å². The van der Waals surface area contributed by atoms with Crippen molar-refractivity contribution in [1.82, 2.24) is 4.90 Å². The first-order valence-corrected chi connectivity index (χ1v) is 13.6. The SMILES string of the molecule is COc1c(COc2ccc(CN3CCC[C@H]3C(=O)O)c(OCc3cccc(C#N)c3)c2)cccc1-c1ccccc1. The van der Waals surface area contributed by atoms with E-state index in [1.54, 1.807) is 19.2 Å². The lowest BCUT2D eigenvalue weighted by atomic mass is 10.0. The van der Waals surface area contributed by atoms with Crippen LogP contribution in [0.4, 0.5) is 0 Å². The van der Waals surface area contributed by atoms with Gasteiger partial charge in [0.25, 0.3) is 0 Å². The number of carboxylic acids is 1. The highest BCUT2D eigenvalue weighted by Crippen LogP contribution is 2.35. The van der Waals surface area contributed by atoms with Crippen molar-refractivity contribution in [2.75, 3.05) is 13.7 Å². The summed E-state index contributed by atoms with van der Waals surface area (Å²) in [4.78, 5) is 13.7. The molecule has 4 aromatic rings. The summed E-state index contributed by atoms with van der Waals surface area (Å²) < 4.78 is 18.3. The predicted octanol–water partition coefficient (Wildman–Crippen LogP) is 6.44. The minimum Gasteiger partial charge on any atom is -0.496 e. The first kappa shape index (κ1) is 27.8. The molecule has 1 saturated heterocycles. The Kier molecular flexibility index (Phi) is 8.82. The number of para-hydroxylation sites is 1. The Hall–Kier alpha value is -4.80. The first-order chi connectivity index (χ1) is 20.1. The number of carbonyl (C=O) groups is 1. The summed E-state index contributed by atoms with van der Waals surface area (Å²) in [5, 5.41) is 18.9. The number of nitrogens with zero attached hydrogens (tertiary/aromatic N) is 2. The van der Waals surface area contributed by atoms with Crippen LogP contribution in [-0.2, 0) is 24.6 Å². The lowest BCUT2D eigenvalue weighted by Crippen LogP contribution is -2.35. The van der Waals surface area contributed by atoms with Gasteiger partial charge in [-0.15, -0.1) is 0 Å². The molecule has 0 radical (unpaired) electrons. The molecule has 1 aliphatic heterocycles. The van der Waals surface area contributed by atoms with Crippen LogP contribution in [0.15, 0.2) is 91.0 Å². The van der Waals surface area contributed by atoms with Crippen molar-refractivity contribution in [2.45, 2.75) is 38.6 Å². The number of hydrogen-bond acceptors (Lipinski definition) is 6. The fraction of sp³-hybridized carbons (Fsp3) is 0.235. The summed E-state index contributed by atoms with van der Waals surface area (Å²) in [6.45, 7) is 1.73. The van der Waals surface area contributed by atoms with Gasteiger partial charge in [0.1, 0.15) is 36.5 Å². The molecule has 0 unspecified atom stereocenters. The van der Waals surface area contributed by atoms with Crippen molar-refractivity contribution in [2.24, 2.45) is 0 Å². The molecule has 1 N–H and O–H groups in total. The van der Waals surface area contributed by atoms with Gasteiger partial charge in [0.05, 0.1) is 18.7 Å². The van der Waals surface area contributed by atoms with Crippen molar-refractivity contribution < 1.29 is 24.1 Å². The number of benzene rings is 4. The van der Waals surface area contributed by atoms with E-state index in [4.69, 9.17) is 14.2 Å². The second kappa shape index (κ2) is 13.0. The highest BCUT2D eigenvalue weighted by Gasteiger charge is 2.31. The van der Waals surface area contributed by atoms with E-state index in [2.05, 4.69) is 6.07 Å². The van der Waals surface area contributed by atoms with Crippen molar-refractivity contribution in [1.29, 1.82) is 5.26 Å². The predicted molar refractivity (Wildman–Crippen MR) is 156 cm³/mol. The van der Waals surface area contributed by atoms with Crippen LogP contribution < -0.4 is 14.2 Å². The van der Waals surface area contributed by atoms with Gasteiger partial charge in [0, 0.05) is 29.3 Å². The van der Waals surface area contributed by atoms with Gasteiger partial charge in [-0.05, 0) is 48.7 Å². The van der Waals surface area contributed by atoms with Crippen LogP contribution >= 0.6 is 0 Å². The molecule has 7 nitrogen and oxygen atoms in total. The van der Waals surface area contributed by atoms with Gasteiger partial charge >= 0.3 is 5.97 Å². The molecular weight excluding hydrogens is 516 g/mol. The number of ether oxygens (including phenoxy) is 3. The number of likely N-dealkylation sites (tertiary alicyclic amines) is 1. The van der Waals surface area contributed by atoms with Crippen molar-refractivity contribution in [3.63, 3.8) is 0 Å². The van der Waals surface area contributed by atoms with Crippen LogP contribution in [-0.4, -0.2) is 35.7 Å². The number of hydrogen-bond donors (Lipinski definition) is 1. The Morgan fingerprint density at radius 3 is 2.56 bits per heavy atom. The van der Waals surface area contributed by atoms with Gasteiger partial charge in [0.2, 0.25) is 0 Å². The maximum absolute atomic E-state index is 11.8. The molecule has 4 aromatic carbocycles. The van der Waals surface area contributed by atoms with Gasteiger partial charge in [-0.2, -0.15) is 5.26 Å². The average molecular weight is 549 g/mol. The van der Waals surface area contributed by atoms with Gasteiger partial charge in [-0.1, -0.05) is 66.7 Å². The molecule has 7 heteroatoms. The quantitative estimate of drug-likeness (QED) is 0.231. The van der Waals surface area contributed by atoms with E-state index in [0.717, 1.165) is 46.5 Å². The summed E-state index contributed by atoms with van der Waals surface area (Å²) in [5.41, 5.74) is 5.28. The molecule has 0 bridgehead atoms. The molecule has 0 aromatic heterocycles. The molecule has 0 saturated carbocycles. The second-order valence-corrected chi connectivity index (χ2v) is 9.99. The van der Waals surface area contributed by atoms with E-state index in [9.17, 15) is 15.2 Å². The zero-order valence-corrected chi connectivity index (χ0v) is 23.0. The molecular formula is C34H32N2O5. The molecule has 0 spiro atoms. The number of aliphatic carboxylic acids is 1. The third-order valence-corrected chi connectivity index (χ3v) is 7.29. The zero-order valence-electron chi connectivity index (χ0n) is 23.0. The van der Waals surface area contributed by atoms with E-state index >= 15 is 0 Å². The fourth-order valence-electron chi connectivity index (χ4n) is 5.24. The highest BCUT2D eigenvalue weighted by atomic mass is 16.5. The number of rotatable bonds is 11. The Morgan fingerprint density at radius 2 is 1.78 bits per heavy atom. The molecule has 1 aliphatic rings. The van der Waals surface area contributed by atoms with E-state index < -0.39 is 12.0 Å². The third-order valence-electron chi connectivity index (χ3n) is 7.29. The Bertz CT molecular complexity index is 1550. The van der Waals surface area contributed by atoms with Crippen LogP contribution in [0.3, 0.4) is 0 Å². The van der Waals surface area contributed by atoms with Crippen LogP contribution in [0.2, 0.25) is 0 Å². The van der Waals surface area contributed by atoms with Gasteiger partial charge in [0.15, 0.2) is 0 Å². The standard InChI is InChI=1S/C34H32N2O5/c1-39-33-28(12-6-13-30(33)26-10-3-2-4-11-26)23-40-29-16-15-27(21-36-17-7-14-31(36)34(37)38)32(19-29)41-22-25-9-5-8-24(18-25)20-35/h2-6,8-13,15-16,18-19,31H,7,14,17,21-23H2,1H3,(H,37,38)/t31-/m0/s1. The Labute approximate surface area is 240 Å².